The van der Waals surface area contributed by atoms with Gasteiger partial charge in [-0.2, -0.15) is 5.10 Å². The van der Waals surface area contributed by atoms with E-state index in [-0.39, 0.29) is 25.3 Å². The largest absolute Gasteiger partial charge is 0.395 e. The summed E-state index contributed by atoms with van der Waals surface area (Å²) in [5, 5.41) is 25.3. The first-order valence-electron chi connectivity index (χ1n) is 5.18. The highest BCUT2D eigenvalue weighted by atomic mass is 16.3. The van der Waals surface area contributed by atoms with Crippen LogP contribution in [0.3, 0.4) is 0 Å². The van der Waals surface area contributed by atoms with Crippen molar-refractivity contribution in [2.24, 2.45) is 7.05 Å². The molecule has 5 heteroatoms. The zero-order valence-corrected chi connectivity index (χ0v) is 9.22. The molecule has 1 atom stereocenters. The standard InChI is InChI=1S/C10H19N3O2/c1-3-9(12-8(6-14)7-15)10-4-5-11-13(10)2/h4-5,8-9,12,14-15H,3,6-7H2,1-2H3. The molecular formula is C10H19N3O2. The quantitative estimate of drug-likeness (QED) is 0.613. The van der Waals surface area contributed by atoms with Gasteiger partial charge in [-0.25, -0.2) is 0 Å². The van der Waals surface area contributed by atoms with E-state index < -0.39 is 0 Å². The monoisotopic (exact) mass is 213 g/mol. The molecule has 0 spiro atoms. The maximum absolute atomic E-state index is 8.99. The van der Waals surface area contributed by atoms with E-state index in [4.69, 9.17) is 10.2 Å². The average Bonchev–Trinajstić information content (AvgIpc) is 2.67. The number of aryl methyl sites for hydroxylation is 1. The van der Waals surface area contributed by atoms with Crippen molar-refractivity contribution in [3.8, 4) is 0 Å². The number of aromatic nitrogens is 2. The number of aliphatic hydroxyl groups is 2. The number of hydrogen-bond donors (Lipinski definition) is 3. The molecule has 0 aliphatic rings. The fraction of sp³-hybridized carbons (Fsp3) is 0.700. The number of aliphatic hydroxyl groups excluding tert-OH is 2. The highest BCUT2D eigenvalue weighted by Crippen LogP contribution is 2.15. The Morgan fingerprint density at radius 3 is 2.53 bits per heavy atom. The average molecular weight is 213 g/mol. The van der Waals surface area contributed by atoms with Gasteiger partial charge in [0.15, 0.2) is 0 Å². The molecule has 0 fully saturated rings. The summed E-state index contributed by atoms with van der Waals surface area (Å²) in [6.07, 6.45) is 2.63. The van der Waals surface area contributed by atoms with E-state index in [1.165, 1.54) is 0 Å². The minimum absolute atomic E-state index is 0.0646. The molecule has 5 nitrogen and oxygen atoms in total. The van der Waals surface area contributed by atoms with Crippen LogP contribution in [0.1, 0.15) is 25.1 Å². The Kier molecular flexibility index (Phi) is 4.74. The van der Waals surface area contributed by atoms with E-state index >= 15 is 0 Å². The number of hydrogen-bond acceptors (Lipinski definition) is 4. The third kappa shape index (κ3) is 3.02. The Morgan fingerprint density at radius 1 is 1.47 bits per heavy atom. The van der Waals surface area contributed by atoms with E-state index in [0.717, 1.165) is 12.1 Å². The molecule has 0 aromatic carbocycles. The van der Waals surface area contributed by atoms with Crippen molar-refractivity contribution in [1.29, 1.82) is 0 Å². The third-order valence-corrected chi connectivity index (χ3v) is 2.50. The Bertz CT molecular complexity index is 284. The number of nitrogens with one attached hydrogen (secondary N) is 1. The first kappa shape index (κ1) is 12.2. The van der Waals surface area contributed by atoms with E-state index in [0.29, 0.717) is 0 Å². The van der Waals surface area contributed by atoms with E-state index in [1.54, 1.807) is 10.9 Å². The molecule has 15 heavy (non-hydrogen) atoms. The van der Waals surface area contributed by atoms with Crippen LogP contribution in [-0.2, 0) is 7.05 Å². The van der Waals surface area contributed by atoms with Gasteiger partial charge in [0, 0.05) is 19.3 Å². The minimum atomic E-state index is -0.273. The van der Waals surface area contributed by atoms with Crippen molar-refractivity contribution in [1.82, 2.24) is 15.1 Å². The highest BCUT2D eigenvalue weighted by Gasteiger charge is 2.16. The fourth-order valence-electron chi connectivity index (χ4n) is 1.59. The van der Waals surface area contributed by atoms with Crippen molar-refractivity contribution in [3.63, 3.8) is 0 Å². The minimum Gasteiger partial charge on any atom is -0.395 e. The van der Waals surface area contributed by atoms with Crippen LogP contribution >= 0.6 is 0 Å². The molecule has 0 saturated carbocycles. The summed E-state index contributed by atoms with van der Waals surface area (Å²) in [4.78, 5) is 0. The van der Waals surface area contributed by atoms with Crippen LogP contribution in [0.25, 0.3) is 0 Å². The predicted molar refractivity (Wildman–Crippen MR) is 57.3 cm³/mol. The summed E-state index contributed by atoms with van der Waals surface area (Å²) in [6, 6.07) is 1.78. The normalized spacial score (nSPS) is 13.4. The van der Waals surface area contributed by atoms with E-state index in [1.807, 2.05) is 13.1 Å². The Balaban J connectivity index is 2.68. The zero-order chi connectivity index (χ0) is 11.3. The second-order valence-electron chi connectivity index (χ2n) is 3.57. The van der Waals surface area contributed by atoms with Gasteiger partial charge in [0.25, 0.3) is 0 Å². The fourth-order valence-corrected chi connectivity index (χ4v) is 1.59. The third-order valence-electron chi connectivity index (χ3n) is 2.50. The number of nitrogens with zero attached hydrogens (tertiary/aromatic N) is 2. The molecule has 0 aliphatic heterocycles. The maximum atomic E-state index is 8.99. The van der Waals surface area contributed by atoms with Crippen molar-refractivity contribution in [3.05, 3.63) is 18.0 Å². The van der Waals surface area contributed by atoms with Gasteiger partial charge in [-0.3, -0.25) is 4.68 Å². The van der Waals surface area contributed by atoms with E-state index in [2.05, 4.69) is 17.3 Å². The smallest absolute Gasteiger partial charge is 0.0607 e. The van der Waals surface area contributed by atoms with Crippen molar-refractivity contribution < 1.29 is 10.2 Å². The molecule has 1 aromatic heterocycles. The lowest BCUT2D eigenvalue weighted by Crippen LogP contribution is -2.38. The van der Waals surface area contributed by atoms with Gasteiger partial charge in [0.1, 0.15) is 0 Å². The SMILES string of the molecule is CCC(NC(CO)CO)c1ccnn1C. The molecule has 1 aromatic rings. The van der Waals surface area contributed by atoms with Crippen LogP contribution in [0.15, 0.2) is 12.3 Å². The summed E-state index contributed by atoms with van der Waals surface area (Å²) >= 11 is 0. The lowest BCUT2D eigenvalue weighted by atomic mass is 10.1. The number of rotatable bonds is 6. The Hall–Kier alpha value is -0.910. The molecule has 0 aliphatic carbocycles. The summed E-state index contributed by atoms with van der Waals surface area (Å²) in [6.45, 7) is 1.92. The molecule has 0 radical (unpaired) electrons. The van der Waals surface area contributed by atoms with Gasteiger partial charge in [-0.15, -0.1) is 0 Å². The molecule has 1 rings (SSSR count). The topological polar surface area (TPSA) is 70.3 Å². The molecule has 0 bridgehead atoms. The van der Waals surface area contributed by atoms with Gasteiger partial charge >= 0.3 is 0 Å². The molecule has 0 saturated heterocycles. The molecule has 3 N–H and O–H groups in total. The summed E-state index contributed by atoms with van der Waals surface area (Å²) in [5.41, 5.74) is 1.06. The maximum Gasteiger partial charge on any atom is 0.0607 e. The van der Waals surface area contributed by atoms with Crippen LogP contribution in [0, 0.1) is 0 Å². The van der Waals surface area contributed by atoms with Crippen LogP contribution in [0.4, 0.5) is 0 Å². The first-order chi connectivity index (χ1) is 7.22. The second kappa shape index (κ2) is 5.85. The summed E-state index contributed by atoms with van der Waals surface area (Å²) in [7, 11) is 1.88. The first-order valence-corrected chi connectivity index (χ1v) is 5.18. The van der Waals surface area contributed by atoms with Gasteiger partial charge in [-0.1, -0.05) is 6.92 Å². The lowest BCUT2D eigenvalue weighted by Gasteiger charge is -2.22. The van der Waals surface area contributed by atoms with Gasteiger partial charge in [0.2, 0.25) is 0 Å². The predicted octanol–water partition coefficient (Wildman–Crippen LogP) is -0.186. The molecule has 0 amide bonds. The summed E-state index contributed by atoms with van der Waals surface area (Å²) < 4.78 is 1.80. The molecule has 1 unspecified atom stereocenters. The zero-order valence-electron chi connectivity index (χ0n) is 9.22. The Labute approximate surface area is 89.7 Å². The Morgan fingerprint density at radius 2 is 2.13 bits per heavy atom. The van der Waals surface area contributed by atoms with Gasteiger partial charge < -0.3 is 15.5 Å². The van der Waals surface area contributed by atoms with Crippen molar-refractivity contribution in [2.75, 3.05) is 13.2 Å². The molecule has 86 valence electrons. The van der Waals surface area contributed by atoms with Crippen molar-refractivity contribution in [2.45, 2.75) is 25.4 Å². The van der Waals surface area contributed by atoms with Crippen LogP contribution in [0.5, 0.6) is 0 Å². The van der Waals surface area contributed by atoms with Crippen molar-refractivity contribution >= 4 is 0 Å². The van der Waals surface area contributed by atoms with Crippen LogP contribution in [-0.4, -0.2) is 39.2 Å². The van der Waals surface area contributed by atoms with E-state index in [9.17, 15) is 0 Å². The highest BCUT2D eigenvalue weighted by molar-refractivity contribution is 5.06. The van der Waals surface area contributed by atoms with Crippen LogP contribution in [0.2, 0.25) is 0 Å². The second-order valence-corrected chi connectivity index (χ2v) is 3.57. The van der Waals surface area contributed by atoms with Crippen LogP contribution < -0.4 is 5.32 Å². The lowest BCUT2D eigenvalue weighted by molar-refractivity contribution is 0.160. The molecule has 1 heterocycles. The van der Waals surface area contributed by atoms with Gasteiger partial charge in [0.05, 0.1) is 24.9 Å². The van der Waals surface area contributed by atoms with Gasteiger partial charge in [-0.05, 0) is 12.5 Å². The summed E-state index contributed by atoms with van der Waals surface area (Å²) in [5.74, 6) is 0. The molecular weight excluding hydrogens is 194 g/mol.